The van der Waals surface area contributed by atoms with Crippen LogP contribution in [0.4, 0.5) is 20.2 Å². The Labute approximate surface area is 109 Å². The third-order valence-electron chi connectivity index (χ3n) is 3.50. The molecule has 0 aromatic heterocycles. The largest absolute Gasteiger partial charge is 0.373 e. The van der Waals surface area contributed by atoms with Crippen molar-refractivity contribution in [2.75, 3.05) is 18.9 Å². The van der Waals surface area contributed by atoms with Crippen molar-refractivity contribution < 1.29 is 13.7 Å². The second-order valence-electron chi connectivity index (χ2n) is 4.88. The number of halogens is 2. The van der Waals surface area contributed by atoms with E-state index in [1.54, 1.807) is 0 Å². The van der Waals surface area contributed by atoms with Gasteiger partial charge in [0.2, 0.25) is 0 Å². The number of nitro groups is 1. The van der Waals surface area contributed by atoms with Crippen LogP contribution < -0.4 is 5.32 Å². The van der Waals surface area contributed by atoms with Gasteiger partial charge in [0, 0.05) is 24.7 Å². The van der Waals surface area contributed by atoms with Gasteiger partial charge in [-0.25, -0.2) is 8.78 Å². The fraction of sp³-hybridized carbons (Fsp3) is 0.500. The molecule has 1 N–H and O–H groups in total. The smallest absolute Gasteiger partial charge is 0.295 e. The molecule has 5 nitrogen and oxygen atoms in total. The number of rotatable bonds is 3. The zero-order valence-electron chi connectivity index (χ0n) is 10.7. The molecule has 19 heavy (non-hydrogen) atoms. The SMILES string of the molecule is CC1CC(Nc2c([N+](=O)[O-])ccc(F)c2F)CN1C. The number of benzene rings is 1. The molecule has 104 valence electrons. The number of likely N-dealkylation sites (N-methyl/N-ethyl adjacent to an activating group) is 1. The molecule has 2 unspecified atom stereocenters. The van der Waals surface area contributed by atoms with Gasteiger partial charge in [0.25, 0.3) is 5.69 Å². The lowest BCUT2D eigenvalue weighted by molar-refractivity contribution is -0.384. The summed E-state index contributed by atoms with van der Waals surface area (Å²) in [4.78, 5) is 12.2. The highest BCUT2D eigenvalue weighted by Crippen LogP contribution is 2.31. The van der Waals surface area contributed by atoms with Gasteiger partial charge in [-0.05, 0) is 26.5 Å². The molecule has 1 heterocycles. The maximum absolute atomic E-state index is 13.7. The molecule has 0 radical (unpaired) electrons. The minimum Gasteiger partial charge on any atom is -0.373 e. The number of hydrogen-bond donors (Lipinski definition) is 1. The van der Waals surface area contributed by atoms with Crippen LogP contribution in [0, 0.1) is 21.7 Å². The number of nitrogens with zero attached hydrogens (tertiary/aromatic N) is 2. The average molecular weight is 271 g/mol. The Kier molecular flexibility index (Phi) is 3.66. The molecule has 7 heteroatoms. The van der Waals surface area contributed by atoms with Crippen LogP contribution in [0.5, 0.6) is 0 Å². The number of nitrogens with one attached hydrogen (secondary N) is 1. The Bertz CT molecular complexity index is 500. The summed E-state index contributed by atoms with van der Waals surface area (Å²) in [6, 6.07) is 1.91. The van der Waals surface area contributed by atoms with E-state index in [0.29, 0.717) is 12.6 Å². The summed E-state index contributed by atoms with van der Waals surface area (Å²) in [5.41, 5.74) is -0.807. The van der Waals surface area contributed by atoms with E-state index >= 15 is 0 Å². The highest BCUT2D eigenvalue weighted by Gasteiger charge is 2.30. The fourth-order valence-electron chi connectivity index (χ4n) is 2.33. The first-order valence-electron chi connectivity index (χ1n) is 5.99. The third-order valence-corrected chi connectivity index (χ3v) is 3.50. The normalized spacial score (nSPS) is 23.6. The lowest BCUT2D eigenvalue weighted by Gasteiger charge is -2.15. The monoisotopic (exact) mass is 271 g/mol. The van der Waals surface area contributed by atoms with E-state index in [-0.39, 0.29) is 11.7 Å². The van der Waals surface area contributed by atoms with Crippen molar-refractivity contribution in [3.8, 4) is 0 Å². The lowest BCUT2D eigenvalue weighted by Crippen LogP contribution is -2.25. The van der Waals surface area contributed by atoms with Crippen LogP contribution in [0.3, 0.4) is 0 Å². The number of nitro benzene ring substituents is 1. The quantitative estimate of drug-likeness (QED) is 0.677. The lowest BCUT2D eigenvalue weighted by atomic mass is 10.1. The first-order chi connectivity index (χ1) is 8.90. The van der Waals surface area contributed by atoms with Gasteiger partial charge in [-0.15, -0.1) is 0 Å². The van der Waals surface area contributed by atoms with E-state index in [1.807, 2.05) is 14.0 Å². The van der Waals surface area contributed by atoms with Crippen LogP contribution in [0.25, 0.3) is 0 Å². The maximum atomic E-state index is 13.7. The summed E-state index contributed by atoms with van der Waals surface area (Å²) in [6.45, 7) is 2.65. The summed E-state index contributed by atoms with van der Waals surface area (Å²) in [5, 5.41) is 13.6. The van der Waals surface area contributed by atoms with Crippen LogP contribution in [0.2, 0.25) is 0 Å². The molecule has 0 saturated carbocycles. The van der Waals surface area contributed by atoms with E-state index in [2.05, 4.69) is 10.2 Å². The van der Waals surface area contributed by atoms with Gasteiger partial charge in [-0.1, -0.05) is 0 Å². The Balaban J connectivity index is 2.29. The molecule has 1 aromatic rings. The van der Waals surface area contributed by atoms with Gasteiger partial charge >= 0.3 is 0 Å². The molecule has 2 atom stereocenters. The second-order valence-corrected chi connectivity index (χ2v) is 4.88. The van der Waals surface area contributed by atoms with Gasteiger partial charge in [0.1, 0.15) is 0 Å². The summed E-state index contributed by atoms with van der Waals surface area (Å²) < 4.78 is 26.9. The topological polar surface area (TPSA) is 58.4 Å². The number of hydrogen-bond acceptors (Lipinski definition) is 4. The molecule has 0 bridgehead atoms. The van der Waals surface area contributed by atoms with Crippen molar-refractivity contribution in [1.29, 1.82) is 0 Å². The molecule has 1 aliphatic rings. The summed E-state index contributed by atoms with van der Waals surface area (Å²) in [6.07, 6.45) is 0.726. The molecule has 0 aliphatic carbocycles. The Morgan fingerprint density at radius 2 is 2.16 bits per heavy atom. The maximum Gasteiger partial charge on any atom is 0.295 e. The Hall–Kier alpha value is -1.76. The molecular weight excluding hydrogens is 256 g/mol. The number of anilines is 1. The highest BCUT2D eigenvalue weighted by molar-refractivity contribution is 5.63. The molecular formula is C12H15F2N3O2. The first-order valence-corrected chi connectivity index (χ1v) is 5.99. The molecule has 0 spiro atoms. The fourth-order valence-corrected chi connectivity index (χ4v) is 2.33. The average Bonchev–Trinajstić information content (AvgIpc) is 2.64. The van der Waals surface area contributed by atoms with Crippen LogP contribution in [0.15, 0.2) is 12.1 Å². The predicted molar refractivity (Wildman–Crippen MR) is 67.1 cm³/mol. The molecule has 2 rings (SSSR count). The van der Waals surface area contributed by atoms with Gasteiger partial charge in [-0.3, -0.25) is 10.1 Å². The van der Waals surface area contributed by atoms with Gasteiger partial charge < -0.3 is 10.2 Å². The van der Waals surface area contributed by atoms with Crippen molar-refractivity contribution in [3.63, 3.8) is 0 Å². The van der Waals surface area contributed by atoms with Gasteiger partial charge in [0.15, 0.2) is 17.3 Å². The second kappa shape index (κ2) is 5.08. The van der Waals surface area contributed by atoms with Crippen LogP contribution in [-0.2, 0) is 0 Å². The zero-order valence-corrected chi connectivity index (χ0v) is 10.7. The van der Waals surface area contributed by atoms with Gasteiger partial charge in [0.05, 0.1) is 4.92 Å². The third kappa shape index (κ3) is 2.65. The molecule has 0 amide bonds. The van der Waals surface area contributed by atoms with Gasteiger partial charge in [-0.2, -0.15) is 0 Å². The van der Waals surface area contributed by atoms with E-state index in [1.165, 1.54) is 0 Å². The van der Waals surface area contributed by atoms with Crippen molar-refractivity contribution >= 4 is 11.4 Å². The molecule has 1 aliphatic heterocycles. The summed E-state index contributed by atoms with van der Waals surface area (Å²) in [7, 11) is 1.92. The molecule has 1 aromatic carbocycles. The van der Waals surface area contributed by atoms with Crippen molar-refractivity contribution in [2.24, 2.45) is 0 Å². The van der Waals surface area contributed by atoms with E-state index in [4.69, 9.17) is 0 Å². The van der Waals surface area contributed by atoms with E-state index in [9.17, 15) is 18.9 Å². The zero-order chi connectivity index (χ0) is 14.2. The van der Waals surface area contributed by atoms with E-state index in [0.717, 1.165) is 18.6 Å². The van der Waals surface area contributed by atoms with Crippen molar-refractivity contribution in [3.05, 3.63) is 33.9 Å². The van der Waals surface area contributed by atoms with Crippen molar-refractivity contribution in [2.45, 2.75) is 25.4 Å². The molecule has 1 saturated heterocycles. The minimum absolute atomic E-state index is 0.130. The van der Waals surface area contributed by atoms with Crippen LogP contribution in [0.1, 0.15) is 13.3 Å². The Morgan fingerprint density at radius 3 is 2.68 bits per heavy atom. The molecule has 1 fully saturated rings. The van der Waals surface area contributed by atoms with Crippen molar-refractivity contribution in [1.82, 2.24) is 4.90 Å². The standard InChI is InChI=1S/C12H15F2N3O2/c1-7-5-8(6-16(7)2)15-12-10(17(18)19)4-3-9(13)11(12)14/h3-4,7-8,15H,5-6H2,1-2H3. The number of likely N-dealkylation sites (tertiary alicyclic amines) is 1. The Morgan fingerprint density at radius 1 is 1.47 bits per heavy atom. The van der Waals surface area contributed by atoms with E-state index < -0.39 is 22.2 Å². The summed E-state index contributed by atoms with van der Waals surface area (Å²) >= 11 is 0. The first kappa shape index (κ1) is 13.7. The van der Waals surface area contributed by atoms with Crippen LogP contribution in [-0.4, -0.2) is 35.5 Å². The highest BCUT2D eigenvalue weighted by atomic mass is 19.2. The minimum atomic E-state index is -1.20. The van der Waals surface area contributed by atoms with Crippen LogP contribution >= 0.6 is 0 Å². The summed E-state index contributed by atoms with van der Waals surface area (Å²) in [5.74, 6) is -2.29. The predicted octanol–water partition coefficient (Wildman–Crippen LogP) is 2.38.